The molecule has 0 saturated carbocycles. The molecule has 2 N–H and O–H groups in total. The van der Waals surface area contributed by atoms with Gasteiger partial charge in [-0.15, -0.1) is 11.3 Å². The van der Waals surface area contributed by atoms with Gasteiger partial charge in [0, 0.05) is 53.2 Å². The zero-order valence-electron chi connectivity index (χ0n) is 25.6. The van der Waals surface area contributed by atoms with Crippen LogP contribution < -0.4 is 14.8 Å². The second-order valence-corrected chi connectivity index (χ2v) is 11.6. The van der Waals surface area contributed by atoms with Gasteiger partial charge in [0.25, 0.3) is 5.91 Å². The molecule has 1 atom stereocenters. The van der Waals surface area contributed by atoms with E-state index in [2.05, 4.69) is 71.3 Å². The van der Waals surface area contributed by atoms with Gasteiger partial charge < -0.3 is 24.7 Å². The number of hydrogen-bond donors (Lipinski definition) is 2. The van der Waals surface area contributed by atoms with Crippen LogP contribution in [-0.4, -0.2) is 72.1 Å². The first-order valence-electron chi connectivity index (χ1n) is 14.9. The normalized spacial score (nSPS) is 12.3. The standard InChI is InChI=1S/C33H45N5O3S/c1-6-37(7-2)17-10-11-24(3)35-33(39)30-23-42-32(36-30)22-38(21-26-14-15-27(40-4)19-31(26)41-5)18-16-25-20-34-29-13-9-8-12-28(25)29/h8-9,12-15,19-20,23-24,34H,6-7,10-11,16-18,21-22H2,1-5H3,(H,35,39). The third kappa shape index (κ3) is 8.56. The van der Waals surface area contributed by atoms with E-state index in [0.717, 1.165) is 73.0 Å². The number of aromatic amines is 1. The topological polar surface area (TPSA) is 82.7 Å². The SMILES string of the molecule is CCN(CC)CCCC(C)NC(=O)c1csc(CN(CCc2c[nH]c3ccccc23)Cc2ccc(OC)cc2OC)n1. The lowest BCUT2D eigenvalue weighted by Crippen LogP contribution is -2.34. The fourth-order valence-electron chi connectivity index (χ4n) is 5.26. The molecule has 42 heavy (non-hydrogen) atoms. The molecule has 0 saturated heterocycles. The van der Waals surface area contributed by atoms with Gasteiger partial charge in [-0.3, -0.25) is 9.69 Å². The fourth-order valence-corrected chi connectivity index (χ4v) is 6.08. The summed E-state index contributed by atoms with van der Waals surface area (Å²) in [6.45, 7) is 11.8. The minimum atomic E-state index is -0.102. The lowest BCUT2D eigenvalue weighted by atomic mass is 10.1. The van der Waals surface area contributed by atoms with Gasteiger partial charge in [0.15, 0.2) is 0 Å². The summed E-state index contributed by atoms with van der Waals surface area (Å²) < 4.78 is 11.1. The molecule has 0 fully saturated rings. The molecule has 8 nitrogen and oxygen atoms in total. The lowest BCUT2D eigenvalue weighted by molar-refractivity contribution is 0.0932. The molecule has 4 rings (SSSR count). The first-order chi connectivity index (χ1) is 20.4. The van der Waals surface area contributed by atoms with Gasteiger partial charge >= 0.3 is 0 Å². The van der Waals surface area contributed by atoms with E-state index in [1.54, 1.807) is 14.2 Å². The van der Waals surface area contributed by atoms with Crippen LogP contribution in [0.1, 0.15) is 60.2 Å². The monoisotopic (exact) mass is 591 g/mol. The minimum Gasteiger partial charge on any atom is -0.497 e. The average molecular weight is 592 g/mol. The van der Waals surface area contributed by atoms with Crippen LogP contribution in [0, 0.1) is 0 Å². The molecule has 4 aromatic rings. The van der Waals surface area contributed by atoms with Crippen molar-refractivity contribution >= 4 is 28.1 Å². The molecule has 0 aliphatic carbocycles. The van der Waals surface area contributed by atoms with Crippen molar-refractivity contribution in [3.63, 3.8) is 0 Å². The number of benzene rings is 2. The van der Waals surface area contributed by atoms with E-state index in [0.29, 0.717) is 18.8 Å². The van der Waals surface area contributed by atoms with Gasteiger partial charge in [-0.25, -0.2) is 4.98 Å². The highest BCUT2D eigenvalue weighted by molar-refractivity contribution is 7.09. The highest BCUT2D eigenvalue weighted by Crippen LogP contribution is 2.27. The lowest BCUT2D eigenvalue weighted by Gasteiger charge is -2.23. The number of hydrogen-bond acceptors (Lipinski definition) is 7. The third-order valence-corrected chi connectivity index (χ3v) is 8.62. The van der Waals surface area contributed by atoms with Crippen molar-refractivity contribution in [1.29, 1.82) is 0 Å². The quantitative estimate of drug-likeness (QED) is 0.154. The average Bonchev–Trinajstić information content (AvgIpc) is 3.65. The first kappa shape index (κ1) is 31.5. The Morgan fingerprint density at radius 3 is 2.60 bits per heavy atom. The number of thiazole rings is 1. The van der Waals surface area contributed by atoms with Gasteiger partial charge in [-0.05, 0) is 63.5 Å². The molecule has 2 heterocycles. The summed E-state index contributed by atoms with van der Waals surface area (Å²) in [7, 11) is 3.34. The number of rotatable bonds is 17. The summed E-state index contributed by atoms with van der Waals surface area (Å²) in [5.74, 6) is 1.45. The maximum absolute atomic E-state index is 13.0. The van der Waals surface area contributed by atoms with Crippen molar-refractivity contribution in [3.05, 3.63) is 75.9 Å². The molecule has 0 spiro atoms. The van der Waals surface area contributed by atoms with Crippen molar-refractivity contribution in [2.75, 3.05) is 40.4 Å². The van der Waals surface area contributed by atoms with Crippen LogP contribution in [0.2, 0.25) is 0 Å². The molecule has 1 amide bonds. The van der Waals surface area contributed by atoms with Gasteiger partial charge in [-0.1, -0.05) is 38.1 Å². The number of ether oxygens (including phenoxy) is 2. The number of para-hydroxylation sites is 1. The van der Waals surface area contributed by atoms with Crippen LogP contribution >= 0.6 is 11.3 Å². The number of methoxy groups -OCH3 is 2. The molecule has 226 valence electrons. The van der Waals surface area contributed by atoms with Crippen molar-refractivity contribution in [3.8, 4) is 11.5 Å². The van der Waals surface area contributed by atoms with Crippen LogP contribution in [0.25, 0.3) is 10.9 Å². The van der Waals surface area contributed by atoms with Crippen molar-refractivity contribution in [1.82, 2.24) is 25.1 Å². The molecule has 0 aliphatic rings. The van der Waals surface area contributed by atoms with E-state index in [4.69, 9.17) is 14.5 Å². The fraction of sp³-hybridized carbons (Fsp3) is 0.455. The Morgan fingerprint density at radius 2 is 1.83 bits per heavy atom. The molecule has 2 aromatic carbocycles. The Hall–Kier alpha value is -3.40. The first-order valence-corrected chi connectivity index (χ1v) is 15.8. The van der Waals surface area contributed by atoms with Crippen LogP contribution in [-0.2, 0) is 19.5 Å². The number of nitrogens with one attached hydrogen (secondary N) is 2. The molecule has 0 bridgehead atoms. The number of aromatic nitrogens is 2. The number of fused-ring (bicyclic) bond motifs is 1. The van der Waals surface area contributed by atoms with E-state index in [9.17, 15) is 4.79 Å². The largest absolute Gasteiger partial charge is 0.497 e. The summed E-state index contributed by atoms with van der Waals surface area (Å²) in [5.41, 5.74) is 4.00. The van der Waals surface area contributed by atoms with Crippen LogP contribution in [0.5, 0.6) is 11.5 Å². The zero-order valence-corrected chi connectivity index (χ0v) is 26.4. The van der Waals surface area contributed by atoms with E-state index in [-0.39, 0.29) is 11.9 Å². The number of nitrogens with zero attached hydrogens (tertiary/aromatic N) is 3. The second kappa shape index (κ2) is 15.7. The molecular weight excluding hydrogens is 546 g/mol. The second-order valence-electron chi connectivity index (χ2n) is 10.7. The predicted molar refractivity (Wildman–Crippen MR) is 172 cm³/mol. The summed E-state index contributed by atoms with van der Waals surface area (Å²) in [6, 6.07) is 14.4. The van der Waals surface area contributed by atoms with E-state index in [1.165, 1.54) is 22.3 Å². The van der Waals surface area contributed by atoms with E-state index in [1.807, 2.05) is 23.6 Å². The number of amides is 1. The van der Waals surface area contributed by atoms with Crippen LogP contribution in [0.3, 0.4) is 0 Å². The molecular formula is C33H45N5O3S. The van der Waals surface area contributed by atoms with Crippen molar-refractivity contribution < 1.29 is 14.3 Å². The summed E-state index contributed by atoms with van der Waals surface area (Å²) in [4.78, 5) is 25.9. The Balaban J connectivity index is 1.43. The van der Waals surface area contributed by atoms with Crippen LogP contribution in [0.15, 0.2) is 54.0 Å². The smallest absolute Gasteiger partial charge is 0.270 e. The maximum Gasteiger partial charge on any atom is 0.270 e. The Morgan fingerprint density at radius 1 is 1.02 bits per heavy atom. The number of carbonyl (C=O) groups is 1. The Labute approximate surface area is 254 Å². The highest BCUT2D eigenvalue weighted by atomic mass is 32.1. The maximum atomic E-state index is 13.0. The molecule has 2 aromatic heterocycles. The Kier molecular flexibility index (Phi) is 11.8. The van der Waals surface area contributed by atoms with E-state index >= 15 is 0 Å². The van der Waals surface area contributed by atoms with Gasteiger partial charge in [0.05, 0.1) is 20.8 Å². The minimum absolute atomic E-state index is 0.102. The summed E-state index contributed by atoms with van der Waals surface area (Å²) >= 11 is 1.54. The number of carbonyl (C=O) groups excluding carboxylic acids is 1. The van der Waals surface area contributed by atoms with E-state index < -0.39 is 0 Å². The van der Waals surface area contributed by atoms with Gasteiger partial charge in [0.1, 0.15) is 22.2 Å². The van der Waals surface area contributed by atoms with Crippen molar-refractivity contribution in [2.24, 2.45) is 0 Å². The zero-order chi connectivity index (χ0) is 29.9. The van der Waals surface area contributed by atoms with Crippen molar-refractivity contribution in [2.45, 2.75) is 59.2 Å². The summed E-state index contributed by atoms with van der Waals surface area (Å²) in [6.07, 6.45) is 4.99. The van der Waals surface area contributed by atoms with Gasteiger partial charge in [0.2, 0.25) is 0 Å². The highest BCUT2D eigenvalue weighted by Gasteiger charge is 2.18. The number of H-pyrrole nitrogens is 1. The molecule has 0 aliphatic heterocycles. The molecule has 1 unspecified atom stereocenters. The molecule has 0 radical (unpaired) electrons. The van der Waals surface area contributed by atoms with Gasteiger partial charge in [-0.2, -0.15) is 0 Å². The third-order valence-electron chi connectivity index (χ3n) is 7.79. The Bertz CT molecular complexity index is 1410. The van der Waals surface area contributed by atoms with Crippen LogP contribution in [0.4, 0.5) is 0 Å². The predicted octanol–water partition coefficient (Wildman–Crippen LogP) is 6.13. The molecule has 9 heteroatoms. The summed E-state index contributed by atoms with van der Waals surface area (Å²) in [5, 5.41) is 7.18.